The summed E-state index contributed by atoms with van der Waals surface area (Å²) < 4.78 is 0. The molecule has 2 rings (SSSR count). The Morgan fingerprint density at radius 3 is 2.46 bits per heavy atom. The van der Waals surface area contributed by atoms with Crippen molar-refractivity contribution in [2.45, 2.75) is 51.6 Å². The van der Waals surface area contributed by atoms with Gasteiger partial charge in [0.2, 0.25) is 0 Å². The van der Waals surface area contributed by atoms with Crippen molar-refractivity contribution >= 4 is 0 Å². The molecule has 2 aliphatic rings. The molecular weight excluding hydrogens is 160 g/mol. The molecule has 2 fully saturated rings. The topological polar surface area (TPSA) is 29.3 Å². The zero-order valence-electron chi connectivity index (χ0n) is 8.92. The fraction of sp³-hybridized carbons (Fsp3) is 1.00. The van der Waals surface area contributed by atoms with Crippen molar-refractivity contribution in [1.29, 1.82) is 0 Å². The molecule has 76 valence electrons. The quantitative estimate of drug-likeness (QED) is 0.667. The maximum absolute atomic E-state index is 5.98. The lowest BCUT2D eigenvalue weighted by atomic mass is 9.80. The van der Waals surface area contributed by atoms with E-state index in [9.17, 15) is 0 Å². The van der Waals surface area contributed by atoms with Crippen LogP contribution in [0.5, 0.6) is 0 Å². The molecule has 0 amide bonds. The van der Waals surface area contributed by atoms with Crippen LogP contribution in [0.25, 0.3) is 0 Å². The summed E-state index contributed by atoms with van der Waals surface area (Å²) in [6, 6.07) is 1.28. The Balaban J connectivity index is 1.82. The molecule has 0 aromatic rings. The van der Waals surface area contributed by atoms with Gasteiger partial charge in [-0.25, -0.2) is 0 Å². The second-order valence-electron chi connectivity index (χ2n) is 5.65. The molecule has 1 saturated heterocycles. The number of nitrogens with zero attached hydrogens (tertiary/aromatic N) is 1. The molecule has 1 aliphatic heterocycles. The van der Waals surface area contributed by atoms with Gasteiger partial charge in [0.05, 0.1) is 0 Å². The van der Waals surface area contributed by atoms with Crippen molar-refractivity contribution < 1.29 is 0 Å². The van der Waals surface area contributed by atoms with E-state index >= 15 is 0 Å². The van der Waals surface area contributed by atoms with Gasteiger partial charge in [0.1, 0.15) is 0 Å². The maximum atomic E-state index is 5.98. The average Bonchev–Trinajstić information content (AvgIpc) is 2.00. The third-order valence-corrected chi connectivity index (χ3v) is 3.47. The SMILES string of the molecule is CC1(C)CN(C2CCCC(N)C2)C1. The molecule has 0 bridgehead atoms. The van der Waals surface area contributed by atoms with Gasteiger partial charge in [-0.3, -0.25) is 4.90 Å². The molecule has 13 heavy (non-hydrogen) atoms. The molecule has 2 nitrogen and oxygen atoms in total. The van der Waals surface area contributed by atoms with Gasteiger partial charge >= 0.3 is 0 Å². The van der Waals surface area contributed by atoms with Crippen molar-refractivity contribution in [3.8, 4) is 0 Å². The van der Waals surface area contributed by atoms with Crippen LogP contribution < -0.4 is 5.73 Å². The van der Waals surface area contributed by atoms with Gasteiger partial charge in [0.15, 0.2) is 0 Å². The van der Waals surface area contributed by atoms with Crippen molar-refractivity contribution in [3.63, 3.8) is 0 Å². The number of hydrogen-bond donors (Lipinski definition) is 1. The van der Waals surface area contributed by atoms with E-state index < -0.39 is 0 Å². The Labute approximate surface area is 81.5 Å². The van der Waals surface area contributed by atoms with Crippen molar-refractivity contribution in [2.24, 2.45) is 11.1 Å². The number of rotatable bonds is 1. The van der Waals surface area contributed by atoms with Crippen LogP contribution in [0, 0.1) is 5.41 Å². The maximum Gasteiger partial charge on any atom is 0.0110 e. The Bertz CT molecular complexity index is 181. The minimum Gasteiger partial charge on any atom is -0.328 e. The van der Waals surface area contributed by atoms with Crippen molar-refractivity contribution in [2.75, 3.05) is 13.1 Å². The van der Waals surface area contributed by atoms with E-state index in [4.69, 9.17) is 5.73 Å². The predicted molar refractivity (Wildman–Crippen MR) is 55.6 cm³/mol. The minimum absolute atomic E-state index is 0.475. The zero-order chi connectivity index (χ0) is 9.47. The molecule has 0 radical (unpaired) electrons. The predicted octanol–water partition coefficient (Wildman–Crippen LogP) is 1.60. The summed E-state index contributed by atoms with van der Waals surface area (Å²) in [5.41, 5.74) is 6.55. The van der Waals surface area contributed by atoms with Gasteiger partial charge in [0, 0.05) is 25.2 Å². The number of nitrogens with two attached hydrogens (primary N) is 1. The molecule has 1 aliphatic carbocycles. The van der Waals surface area contributed by atoms with E-state index in [0.717, 1.165) is 6.04 Å². The third kappa shape index (κ3) is 2.05. The highest BCUT2D eigenvalue weighted by atomic mass is 15.2. The van der Waals surface area contributed by atoms with Crippen LogP contribution in [0.4, 0.5) is 0 Å². The molecule has 2 heteroatoms. The zero-order valence-corrected chi connectivity index (χ0v) is 8.92. The number of hydrogen-bond acceptors (Lipinski definition) is 2. The molecule has 2 unspecified atom stereocenters. The van der Waals surface area contributed by atoms with E-state index in [2.05, 4.69) is 18.7 Å². The summed E-state index contributed by atoms with van der Waals surface area (Å²) in [5, 5.41) is 0. The fourth-order valence-electron chi connectivity index (χ4n) is 2.84. The normalized spacial score (nSPS) is 39.9. The van der Waals surface area contributed by atoms with E-state index in [1.54, 1.807) is 0 Å². The Morgan fingerprint density at radius 1 is 1.23 bits per heavy atom. The smallest absolute Gasteiger partial charge is 0.0110 e. The first-order chi connectivity index (χ1) is 6.07. The van der Waals surface area contributed by atoms with Gasteiger partial charge in [-0.1, -0.05) is 20.3 Å². The highest BCUT2D eigenvalue weighted by molar-refractivity contribution is 4.93. The second kappa shape index (κ2) is 3.25. The van der Waals surface area contributed by atoms with E-state index in [1.807, 2.05) is 0 Å². The first kappa shape index (κ1) is 9.47. The van der Waals surface area contributed by atoms with Crippen LogP contribution in [-0.2, 0) is 0 Å². The largest absolute Gasteiger partial charge is 0.328 e. The minimum atomic E-state index is 0.475. The summed E-state index contributed by atoms with van der Waals surface area (Å²) in [5.74, 6) is 0. The highest BCUT2D eigenvalue weighted by Gasteiger charge is 2.39. The molecule has 2 N–H and O–H groups in total. The van der Waals surface area contributed by atoms with E-state index in [1.165, 1.54) is 38.8 Å². The van der Waals surface area contributed by atoms with Gasteiger partial charge in [-0.05, 0) is 24.7 Å². The van der Waals surface area contributed by atoms with Crippen LogP contribution in [0.1, 0.15) is 39.5 Å². The lowest BCUT2D eigenvalue weighted by Gasteiger charge is -2.51. The molecule has 1 saturated carbocycles. The lowest BCUT2D eigenvalue weighted by Crippen LogP contribution is -2.58. The summed E-state index contributed by atoms with van der Waals surface area (Å²) in [6.07, 6.45) is 5.19. The van der Waals surface area contributed by atoms with Crippen LogP contribution in [0.15, 0.2) is 0 Å². The monoisotopic (exact) mass is 182 g/mol. The summed E-state index contributed by atoms with van der Waals surface area (Å²) >= 11 is 0. The second-order valence-corrected chi connectivity index (χ2v) is 5.65. The van der Waals surface area contributed by atoms with E-state index in [-0.39, 0.29) is 0 Å². The lowest BCUT2D eigenvalue weighted by molar-refractivity contribution is -0.0198. The molecule has 0 spiro atoms. The van der Waals surface area contributed by atoms with Gasteiger partial charge in [-0.2, -0.15) is 0 Å². The summed E-state index contributed by atoms with van der Waals surface area (Å²) in [4.78, 5) is 2.62. The third-order valence-electron chi connectivity index (χ3n) is 3.47. The summed E-state index contributed by atoms with van der Waals surface area (Å²) in [6.45, 7) is 7.27. The first-order valence-electron chi connectivity index (χ1n) is 5.56. The van der Waals surface area contributed by atoms with Crippen molar-refractivity contribution in [3.05, 3.63) is 0 Å². The summed E-state index contributed by atoms with van der Waals surface area (Å²) in [7, 11) is 0. The Kier molecular flexibility index (Phi) is 2.37. The molecule has 0 aromatic carbocycles. The molecule has 2 atom stereocenters. The van der Waals surface area contributed by atoms with Gasteiger partial charge in [-0.15, -0.1) is 0 Å². The molecule has 1 heterocycles. The van der Waals surface area contributed by atoms with Gasteiger partial charge < -0.3 is 5.73 Å². The van der Waals surface area contributed by atoms with Gasteiger partial charge in [0.25, 0.3) is 0 Å². The Morgan fingerprint density at radius 2 is 1.92 bits per heavy atom. The van der Waals surface area contributed by atoms with Crippen LogP contribution in [0.2, 0.25) is 0 Å². The fourth-order valence-corrected chi connectivity index (χ4v) is 2.84. The highest BCUT2D eigenvalue weighted by Crippen LogP contribution is 2.34. The number of likely N-dealkylation sites (tertiary alicyclic amines) is 1. The van der Waals surface area contributed by atoms with Crippen molar-refractivity contribution in [1.82, 2.24) is 4.90 Å². The average molecular weight is 182 g/mol. The molecule has 0 aromatic heterocycles. The standard InChI is InChI=1S/C11H22N2/c1-11(2)7-13(8-11)10-5-3-4-9(12)6-10/h9-10H,3-8,12H2,1-2H3. The Hall–Kier alpha value is -0.0800. The first-order valence-corrected chi connectivity index (χ1v) is 5.56. The molecular formula is C11H22N2. The van der Waals surface area contributed by atoms with Crippen LogP contribution in [0.3, 0.4) is 0 Å². The van der Waals surface area contributed by atoms with E-state index in [0.29, 0.717) is 11.5 Å². The van der Waals surface area contributed by atoms with Crippen LogP contribution >= 0.6 is 0 Å². The van der Waals surface area contributed by atoms with Crippen LogP contribution in [-0.4, -0.2) is 30.1 Å².